The summed E-state index contributed by atoms with van der Waals surface area (Å²) in [6.45, 7) is 3.33. The van der Waals surface area contributed by atoms with Crippen LogP contribution in [0.25, 0.3) is 0 Å². The maximum absolute atomic E-state index is 11.0. The van der Waals surface area contributed by atoms with E-state index in [1.54, 1.807) is 19.1 Å². The molecule has 0 heterocycles. The summed E-state index contributed by atoms with van der Waals surface area (Å²) in [6.07, 6.45) is 0. The second-order valence-electron chi connectivity index (χ2n) is 3.26. The quantitative estimate of drug-likeness (QED) is 0.797. The average molecular weight is 192 g/mol. The van der Waals surface area contributed by atoms with Gasteiger partial charge in [-0.05, 0) is 24.6 Å². The molecule has 0 radical (unpaired) electrons. The summed E-state index contributed by atoms with van der Waals surface area (Å²) in [6, 6.07) is 6.37. The van der Waals surface area contributed by atoms with Gasteiger partial charge in [-0.1, -0.05) is 19.1 Å². The second kappa shape index (κ2) is 4.05. The normalized spacial score (nSPS) is 12.1. The van der Waals surface area contributed by atoms with E-state index >= 15 is 0 Å². The molecule has 0 amide bonds. The molecule has 14 heavy (non-hydrogen) atoms. The van der Waals surface area contributed by atoms with Gasteiger partial charge < -0.3 is 5.11 Å². The lowest BCUT2D eigenvalue weighted by atomic mass is 9.97. The van der Waals surface area contributed by atoms with Gasteiger partial charge in [0.25, 0.3) is 0 Å². The van der Waals surface area contributed by atoms with Crippen LogP contribution in [0.3, 0.4) is 0 Å². The van der Waals surface area contributed by atoms with Gasteiger partial charge in [-0.3, -0.25) is 4.79 Å². The van der Waals surface area contributed by atoms with Crippen LogP contribution in [0.15, 0.2) is 24.3 Å². The summed E-state index contributed by atoms with van der Waals surface area (Å²) in [5.41, 5.74) is 1.09. The molecule has 1 unspecified atom stereocenters. The third kappa shape index (κ3) is 2.19. The highest BCUT2D eigenvalue weighted by atomic mass is 16.4. The minimum Gasteiger partial charge on any atom is -0.478 e. The molecule has 3 heteroatoms. The van der Waals surface area contributed by atoms with E-state index in [0.717, 1.165) is 5.56 Å². The lowest BCUT2D eigenvalue weighted by Crippen LogP contribution is -2.04. The summed E-state index contributed by atoms with van der Waals surface area (Å²) in [7, 11) is 0. The predicted octanol–water partition coefficient (Wildman–Crippen LogP) is 2.08. The fraction of sp³-hybridized carbons (Fsp3) is 0.273. The molecule has 1 N–H and O–H groups in total. The molecule has 1 aromatic rings. The number of hydrogen-bond donors (Lipinski definition) is 1. The summed E-state index contributed by atoms with van der Waals surface area (Å²) < 4.78 is 0. The van der Waals surface area contributed by atoms with E-state index in [2.05, 4.69) is 0 Å². The van der Waals surface area contributed by atoms with Gasteiger partial charge in [0, 0.05) is 5.92 Å². The topological polar surface area (TPSA) is 54.4 Å². The zero-order valence-corrected chi connectivity index (χ0v) is 8.15. The number of carboxylic acid groups (broad SMARTS) is 1. The number of benzene rings is 1. The van der Waals surface area contributed by atoms with Gasteiger partial charge in [0.1, 0.15) is 5.78 Å². The molecular formula is C11H12O3. The molecule has 0 spiro atoms. The molecule has 0 saturated carbocycles. The van der Waals surface area contributed by atoms with Crippen molar-refractivity contribution in [2.45, 2.75) is 19.8 Å². The minimum absolute atomic E-state index is 0.0769. The Bertz CT molecular complexity index is 351. The predicted molar refractivity (Wildman–Crippen MR) is 52.5 cm³/mol. The van der Waals surface area contributed by atoms with Gasteiger partial charge in [-0.2, -0.15) is 0 Å². The molecule has 0 saturated heterocycles. The van der Waals surface area contributed by atoms with Crippen molar-refractivity contribution in [3.63, 3.8) is 0 Å². The first-order chi connectivity index (χ1) is 6.52. The third-order valence-corrected chi connectivity index (χ3v) is 2.27. The first-order valence-corrected chi connectivity index (χ1v) is 4.36. The van der Waals surface area contributed by atoms with E-state index in [0.29, 0.717) is 0 Å². The lowest BCUT2D eigenvalue weighted by Gasteiger charge is -2.07. The number of hydrogen-bond acceptors (Lipinski definition) is 2. The highest BCUT2D eigenvalue weighted by Gasteiger charge is 2.10. The van der Waals surface area contributed by atoms with Crippen molar-refractivity contribution in [3.05, 3.63) is 35.4 Å². The molecular weight excluding hydrogens is 180 g/mol. The van der Waals surface area contributed by atoms with Crippen molar-refractivity contribution < 1.29 is 14.7 Å². The number of carboxylic acids is 1. The molecule has 0 aromatic heterocycles. The Kier molecular flexibility index (Phi) is 3.02. The van der Waals surface area contributed by atoms with Gasteiger partial charge in [-0.15, -0.1) is 0 Å². The number of rotatable bonds is 3. The molecule has 0 aliphatic rings. The fourth-order valence-electron chi connectivity index (χ4n) is 1.15. The van der Waals surface area contributed by atoms with Crippen LogP contribution in [0.2, 0.25) is 0 Å². The molecule has 0 aliphatic carbocycles. The Morgan fingerprint density at radius 2 is 1.71 bits per heavy atom. The van der Waals surface area contributed by atoms with E-state index in [4.69, 9.17) is 5.11 Å². The van der Waals surface area contributed by atoms with Crippen LogP contribution >= 0.6 is 0 Å². The molecule has 0 bridgehead atoms. The molecule has 0 aliphatic heterocycles. The van der Waals surface area contributed by atoms with Gasteiger partial charge in [0.2, 0.25) is 0 Å². The Labute approximate surface area is 82.4 Å². The monoisotopic (exact) mass is 192 g/mol. The van der Waals surface area contributed by atoms with Gasteiger partial charge in [0.05, 0.1) is 5.56 Å². The number of Topliss-reactive ketones (excluding diaryl/α,β-unsaturated/α-hetero) is 1. The van der Waals surface area contributed by atoms with Crippen molar-refractivity contribution in [3.8, 4) is 0 Å². The number of ketones is 1. The fourth-order valence-corrected chi connectivity index (χ4v) is 1.15. The van der Waals surface area contributed by atoms with Crippen molar-refractivity contribution in [1.82, 2.24) is 0 Å². The molecule has 74 valence electrons. The Morgan fingerprint density at radius 3 is 2.07 bits per heavy atom. The Balaban J connectivity index is 2.94. The summed E-state index contributed by atoms with van der Waals surface area (Å²) in [5.74, 6) is -1.04. The van der Waals surface area contributed by atoms with E-state index in [1.807, 2.05) is 0 Å². The summed E-state index contributed by atoms with van der Waals surface area (Å²) in [4.78, 5) is 21.6. The van der Waals surface area contributed by atoms with E-state index in [-0.39, 0.29) is 17.3 Å². The second-order valence-corrected chi connectivity index (χ2v) is 3.26. The molecule has 1 aromatic carbocycles. The van der Waals surface area contributed by atoms with Crippen molar-refractivity contribution in [2.24, 2.45) is 0 Å². The Hall–Kier alpha value is -1.64. The zero-order valence-electron chi connectivity index (χ0n) is 8.15. The van der Waals surface area contributed by atoms with Gasteiger partial charge in [-0.25, -0.2) is 4.79 Å². The van der Waals surface area contributed by atoms with Gasteiger partial charge >= 0.3 is 5.97 Å². The maximum atomic E-state index is 11.0. The maximum Gasteiger partial charge on any atom is 0.335 e. The van der Waals surface area contributed by atoms with Crippen molar-refractivity contribution in [2.75, 3.05) is 0 Å². The molecule has 1 atom stereocenters. The molecule has 0 fully saturated rings. The zero-order chi connectivity index (χ0) is 10.7. The third-order valence-electron chi connectivity index (χ3n) is 2.27. The first kappa shape index (κ1) is 10.4. The van der Waals surface area contributed by atoms with E-state index in [1.165, 1.54) is 19.1 Å². The number of carbonyl (C=O) groups excluding carboxylic acids is 1. The summed E-state index contributed by atoms with van der Waals surface area (Å²) in [5, 5.41) is 8.66. The van der Waals surface area contributed by atoms with Crippen LogP contribution in [0.4, 0.5) is 0 Å². The van der Waals surface area contributed by atoms with E-state index in [9.17, 15) is 9.59 Å². The Morgan fingerprint density at radius 1 is 1.21 bits per heavy atom. The highest BCUT2D eigenvalue weighted by Crippen LogP contribution is 2.16. The first-order valence-electron chi connectivity index (χ1n) is 4.36. The van der Waals surface area contributed by atoms with Crippen LogP contribution < -0.4 is 0 Å². The van der Waals surface area contributed by atoms with Gasteiger partial charge in [0.15, 0.2) is 0 Å². The number of aromatic carboxylic acids is 1. The van der Waals surface area contributed by atoms with Crippen molar-refractivity contribution >= 4 is 11.8 Å². The van der Waals surface area contributed by atoms with Crippen molar-refractivity contribution in [1.29, 1.82) is 0 Å². The number of carbonyl (C=O) groups is 2. The van der Waals surface area contributed by atoms with Crippen LogP contribution in [0.1, 0.15) is 35.7 Å². The molecule has 3 nitrogen and oxygen atoms in total. The van der Waals surface area contributed by atoms with Crippen LogP contribution in [-0.2, 0) is 4.79 Å². The average Bonchev–Trinajstić information content (AvgIpc) is 2.16. The van der Waals surface area contributed by atoms with Crippen LogP contribution in [0, 0.1) is 0 Å². The molecule has 1 rings (SSSR count). The van der Waals surface area contributed by atoms with Crippen LogP contribution in [0.5, 0.6) is 0 Å². The largest absolute Gasteiger partial charge is 0.478 e. The lowest BCUT2D eigenvalue weighted by molar-refractivity contribution is -0.118. The minimum atomic E-state index is -0.952. The standard InChI is InChI=1S/C11H12O3/c1-7(8(2)12)9-3-5-10(6-4-9)11(13)14/h3-7H,1-2H3,(H,13,14). The smallest absolute Gasteiger partial charge is 0.335 e. The SMILES string of the molecule is CC(=O)C(C)c1ccc(C(=O)O)cc1. The summed E-state index contributed by atoms with van der Waals surface area (Å²) >= 11 is 0. The van der Waals surface area contributed by atoms with Crippen LogP contribution in [-0.4, -0.2) is 16.9 Å². The highest BCUT2D eigenvalue weighted by molar-refractivity contribution is 5.88. The van der Waals surface area contributed by atoms with E-state index < -0.39 is 5.97 Å².